The monoisotopic (exact) mass is 253 g/mol. The smallest absolute Gasteiger partial charge is 0.408 e. The van der Waals surface area contributed by atoms with E-state index < -0.39 is 17.1 Å². The Hall–Kier alpha value is -1.52. The Morgan fingerprint density at radius 1 is 1.56 bits per heavy atom. The van der Waals surface area contributed by atoms with E-state index in [1.807, 2.05) is 32.9 Å². The molecular weight excluding hydrogens is 234 g/mol. The minimum Gasteiger partial charge on any atom is -0.465 e. The molecule has 0 aromatic rings. The molecule has 0 aromatic heterocycles. The van der Waals surface area contributed by atoms with Crippen LogP contribution in [0, 0.1) is 5.41 Å². The van der Waals surface area contributed by atoms with Gasteiger partial charge in [-0.1, -0.05) is 12.2 Å². The highest BCUT2D eigenvalue weighted by molar-refractivity contribution is 5.82. The maximum atomic E-state index is 11.6. The number of hydrogen-bond donors (Lipinski definition) is 1. The fraction of sp³-hybridized carbons (Fsp3) is 0.692. The van der Waals surface area contributed by atoms with Gasteiger partial charge in [0.1, 0.15) is 5.60 Å². The zero-order valence-corrected chi connectivity index (χ0v) is 11.0. The average molecular weight is 253 g/mol. The molecule has 0 saturated carbocycles. The Morgan fingerprint density at radius 2 is 2.28 bits per heavy atom. The van der Waals surface area contributed by atoms with Crippen LogP contribution >= 0.6 is 0 Å². The molecule has 0 bridgehead atoms. The van der Waals surface area contributed by atoms with E-state index in [2.05, 4.69) is 5.32 Å². The highest BCUT2D eigenvalue weighted by Gasteiger charge is 2.46. The zero-order chi connectivity index (χ0) is 13.4. The van der Waals surface area contributed by atoms with Crippen LogP contribution in [0.4, 0.5) is 4.79 Å². The van der Waals surface area contributed by atoms with E-state index >= 15 is 0 Å². The van der Waals surface area contributed by atoms with Crippen molar-refractivity contribution in [3.05, 3.63) is 12.2 Å². The summed E-state index contributed by atoms with van der Waals surface area (Å²) in [5.74, 6) is -0.188. The molecule has 1 amide bonds. The van der Waals surface area contributed by atoms with Crippen molar-refractivity contribution in [3.63, 3.8) is 0 Å². The average Bonchev–Trinajstić information content (AvgIpc) is 2.74. The SMILES string of the molecule is CC(C)(C)OC(=O)NC1C=CC2(CCOC2=O)C1. The van der Waals surface area contributed by atoms with Crippen molar-refractivity contribution in [1.29, 1.82) is 0 Å². The van der Waals surface area contributed by atoms with E-state index in [1.54, 1.807) is 0 Å². The number of rotatable bonds is 1. The van der Waals surface area contributed by atoms with E-state index in [0.29, 0.717) is 19.4 Å². The first-order valence-corrected chi connectivity index (χ1v) is 6.17. The normalized spacial score (nSPS) is 30.6. The van der Waals surface area contributed by atoms with E-state index in [9.17, 15) is 9.59 Å². The maximum absolute atomic E-state index is 11.6. The molecule has 1 saturated heterocycles. The van der Waals surface area contributed by atoms with Gasteiger partial charge in [0.25, 0.3) is 0 Å². The lowest BCUT2D eigenvalue weighted by molar-refractivity contribution is -0.144. The number of hydrogen-bond acceptors (Lipinski definition) is 4. The van der Waals surface area contributed by atoms with Crippen LogP contribution in [-0.4, -0.2) is 30.3 Å². The molecule has 5 nitrogen and oxygen atoms in total. The summed E-state index contributed by atoms with van der Waals surface area (Å²) in [5.41, 5.74) is -1.05. The first-order chi connectivity index (χ1) is 8.31. The molecule has 1 spiro atoms. The van der Waals surface area contributed by atoms with Crippen LogP contribution < -0.4 is 5.32 Å². The summed E-state index contributed by atoms with van der Waals surface area (Å²) < 4.78 is 10.2. The molecule has 1 aliphatic carbocycles. The Kier molecular flexibility index (Phi) is 3.09. The summed E-state index contributed by atoms with van der Waals surface area (Å²) in [4.78, 5) is 23.3. The van der Waals surface area contributed by atoms with Crippen molar-refractivity contribution in [1.82, 2.24) is 5.32 Å². The highest BCUT2D eigenvalue weighted by atomic mass is 16.6. The minimum absolute atomic E-state index is 0.162. The number of cyclic esters (lactones) is 1. The van der Waals surface area contributed by atoms with Gasteiger partial charge in [-0.25, -0.2) is 4.79 Å². The summed E-state index contributed by atoms with van der Waals surface area (Å²) in [6.07, 6.45) is 4.49. The van der Waals surface area contributed by atoms with Gasteiger partial charge in [-0.15, -0.1) is 0 Å². The summed E-state index contributed by atoms with van der Waals surface area (Å²) in [6, 6.07) is -0.162. The summed E-state index contributed by atoms with van der Waals surface area (Å²) in [5, 5.41) is 2.75. The van der Waals surface area contributed by atoms with E-state index in [-0.39, 0.29) is 12.0 Å². The van der Waals surface area contributed by atoms with Crippen LogP contribution in [0.5, 0.6) is 0 Å². The second-order valence-electron chi connectivity index (χ2n) is 5.86. The van der Waals surface area contributed by atoms with Gasteiger partial charge in [-0.3, -0.25) is 4.79 Å². The van der Waals surface area contributed by atoms with Crippen molar-refractivity contribution in [2.75, 3.05) is 6.61 Å². The van der Waals surface area contributed by atoms with Gasteiger partial charge >= 0.3 is 12.1 Å². The first kappa shape index (κ1) is 12.9. The molecule has 1 fully saturated rings. The van der Waals surface area contributed by atoms with Gasteiger partial charge in [-0.05, 0) is 27.2 Å². The number of esters is 1. The van der Waals surface area contributed by atoms with Crippen molar-refractivity contribution in [3.8, 4) is 0 Å². The fourth-order valence-electron chi connectivity index (χ4n) is 2.30. The third-order valence-corrected chi connectivity index (χ3v) is 3.12. The summed E-state index contributed by atoms with van der Waals surface area (Å²) in [7, 11) is 0. The number of amides is 1. The first-order valence-electron chi connectivity index (χ1n) is 6.17. The molecule has 1 N–H and O–H groups in total. The molecule has 18 heavy (non-hydrogen) atoms. The molecule has 5 heteroatoms. The van der Waals surface area contributed by atoms with Gasteiger partial charge in [0, 0.05) is 6.42 Å². The maximum Gasteiger partial charge on any atom is 0.408 e. The zero-order valence-electron chi connectivity index (χ0n) is 11.0. The number of carbonyl (C=O) groups is 2. The molecule has 0 aromatic carbocycles. The van der Waals surface area contributed by atoms with E-state index in [0.717, 1.165) is 0 Å². The van der Waals surface area contributed by atoms with Crippen LogP contribution in [0.25, 0.3) is 0 Å². The van der Waals surface area contributed by atoms with Crippen molar-refractivity contribution in [2.45, 2.75) is 45.3 Å². The Bertz CT molecular complexity index is 396. The predicted molar refractivity (Wildman–Crippen MR) is 64.9 cm³/mol. The molecule has 2 unspecified atom stereocenters. The minimum atomic E-state index is -0.528. The second-order valence-corrected chi connectivity index (χ2v) is 5.86. The van der Waals surface area contributed by atoms with Crippen LogP contribution in [0.1, 0.15) is 33.6 Å². The van der Waals surface area contributed by atoms with Crippen molar-refractivity contribution in [2.24, 2.45) is 5.41 Å². The molecule has 2 rings (SSSR count). The Morgan fingerprint density at radius 3 is 2.83 bits per heavy atom. The van der Waals surface area contributed by atoms with E-state index in [4.69, 9.17) is 9.47 Å². The number of nitrogens with one attached hydrogen (secondary N) is 1. The molecular formula is C13H19NO4. The number of carbonyl (C=O) groups excluding carboxylic acids is 2. The van der Waals surface area contributed by atoms with Gasteiger partial charge in [0.15, 0.2) is 0 Å². The number of alkyl carbamates (subject to hydrolysis) is 1. The van der Waals surface area contributed by atoms with Gasteiger partial charge in [-0.2, -0.15) is 0 Å². The lowest BCUT2D eigenvalue weighted by Gasteiger charge is -2.22. The largest absolute Gasteiger partial charge is 0.465 e. The lowest BCUT2D eigenvalue weighted by atomic mass is 9.85. The molecule has 100 valence electrons. The highest BCUT2D eigenvalue weighted by Crippen LogP contribution is 2.40. The second kappa shape index (κ2) is 4.30. The third-order valence-electron chi connectivity index (χ3n) is 3.12. The van der Waals surface area contributed by atoms with Crippen molar-refractivity contribution >= 4 is 12.1 Å². The molecule has 0 radical (unpaired) electrons. The van der Waals surface area contributed by atoms with E-state index in [1.165, 1.54) is 0 Å². The standard InChI is InChI=1S/C13H19NO4/c1-12(2,3)18-11(16)14-9-4-5-13(8-9)6-7-17-10(13)15/h4-5,9H,6-8H2,1-3H3,(H,14,16). The molecule has 2 atom stereocenters. The van der Waals surface area contributed by atoms with Crippen LogP contribution in [-0.2, 0) is 14.3 Å². The summed E-state index contributed by atoms with van der Waals surface area (Å²) in [6.45, 7) is 5.90. The molecule has 2 aliphatic rings. The Balaban J connectivity index is 1.89. The van der Waals surface area contributed by atoms with Crippen LogP contribution in [0.3, 0.4) is 0 Å². The predicted octanol–water partition coefficient (Wildman–Crippen LogP) is 1.77. The lowest BCUT2D eigenvalue weighted by Crippen LogP contribution is -2.39. The number of ether oxygens (including phenoxy) is 2. The van der Waals surface area contributed by atoms with Gasteiger partial charge < -0.3 is 14.8 Å². The van der Waals surface area contributed by atoms with Gasteiger partial charge in [0.2, 0.25) is 0 Å². The van der Waals surface area contributed by atoms with Crippen LogP contribution in [0.2, 0.25) is 0 Å². The topological polar surface area (TPSA) is 64.6 Å². The molecule has 1 heterocycles. The van der Waals surface area contributed by atoms with Crippen LogP contribution in [0.15, 0.2) is 12.2 Å². The summed E-state index contributed by atoms with van der Waals surface area (Å²) >= 11 is 0. The third kappa shape index (κ3) is 2.66. The quantitative estimate of drug-likeness (QED) is 0.571. The van der Waals surface area contributed by atoms with Gasteiger partial charge in [0.05, 0.1) is 18.1 Å². The van der Waals surface area contributed by atoms with Crippen molar-refractivity contribution < 1.29 is 19.1 Å². The fourth-order valence-corrected chi connectivity index (χ4v) is 2.30. The Labute approximate surface area is 107 Å². The molecule has 1 aliphatic heterocycles.